The van der Waals surface area contributed by atoms with E-state index in [9.17, 15) is 4.79 Å². The number of hydrogen-bond donors (Lipinski definition) is 1. The summed E-state index contributed by atoms with van der Waals surface area (Å²) in [5.74, 6) is 3.21. The van der Waals surface area contributed by atoms with Crippen LogP contribution in [0.2, 0.25) is 0 Å². The first-order valence-corrected chi connectivity index (χ1v) is 8.63. The maximum atomic E-state index is 11.6. The third-order valence-electron chi connectivity index (χ3n) is 3.13. The Morgan fingerprint density at radius 2 is 2.22 bits per heavy atom. The largest absolute Gasteiger partial charge is 0.497 e. The van der Waals surface area contributed by atoms with Gasteiger partial charge in [-0.25, -0.2) is 4.98 Å². The predicted octanol–water partition coefficient (Wildman–Crippen LogP) is 3.42. The zero-order valence-electron chi connectivity index (χ0n) is 13.9. The molecule has 124 valence electrons. The van der Waals surface area contributed by atoms with Crippen molar-refractivity contribution in [3.63, 3.8) is 0 Å². The number of amides is 1. The van der Waals surface area contributed by atoms with E-state index in [1.807, 2.05) is 45.0 Å². The van der Waals surface area contributed by atoms with E-state index in [0.717, 1.165) is 22.8 Å². The first kappa shape index (κ1) is 17.4. The third kappa shape index (κ3) is 5.03. The number of carbonyl (C=O) groups is 1. The van der Waals surface area contributed by atoms with Crippen LogP contribution in [-0.2, 0) is 10.5 Å². The summed E-state index contributed by atoms with van der Waals surface area (Å²) in [5, 5.41) is 2.87. The van der Waals surface area contributed by atoms with Crippen LogP contribution in [0.3, 0.4) is 0 Å². The van der Waals surface area contributed by atoms with Gasteiger partial charge in [0.2, 0.25) is 11.8 Å². The standard InChI is InChI=1S/C17H22N2O3S/c1-11(2)18-16(20)10-23-9-15-12(3)22-17(19-15)13-6-5-7-14(8-13)21-4/h5-8,11H,9-10H2,1-4H3,(H,18,20). The number of ether oxygens (including phenoxy) is 1. The van der Waals surface area contributed by atoms with Gasteiger partial charge in [0.05, 0.1) is 18.6 Å². The van der Waals surface area contributed by atoms with Crippen LogP contribution in [0.4, 0.5) is 0 Å². The zero-order chi connectivity index (χ0) is 16.8. The van der Waals surface area contributed by atoms with Gasteiger partial charge in [-0.1, -0.05) is 6.07 Å². The number of thioether (sulfide) groups is 1. The fourth-order valence-electron chi connectivity index (χ4n) is 2.05. The Bertz CT molecular complexity index is 668. The van der Waals surface area contributed by atoms with Gasteiger partial charge in [0.25, 0.3) is 0 Å². The number of benzene rings is 1. The van der Waals surface area contributed by atoms with E-state index < -0.39 is 0 Å². The Kier molecular flexibility index (Phi) is 6.10. The maximum absolute atomic E-state index is 11.6. The quantitative estimate of drug-likeness (QED) is 0.840. The first-order chi connectivity index (χ1) is 11.0. The molecule has 1 amide bonds. The van der Waals surface area contributed by atoms with E-state index in [1.165, 1.54) is 11.8 Å². The van der Waals surface area contributed by atoms with Gasteiger partial charge < -0.3 is 14.5 Å². The molecule has 0 aliphatic carbocycles. The third-order valence-corrected chi connectivity index (χ3v) is 4.07. The molecule has 0 saturated heterocycles. The molecule has 0 fully saturated rings. The molecule has 0 aliphatic heterocycles. The highest BCUT2D eigenvalue weighted by Crippen LogP contribution is 2.26. The molecule has 0 bridgehead atoms. The lowest BCUT2D eigenvalue weighted by molar-refractivity contribution is -0.119. The molecule has 1 N–H and O–H groups in total. The second kappa shape index (κ2) is 8.06. The van der Waals surface area contributed by atoms with Gasteiger partial charge in [0.15, 0.2) is 0 Å². The second-order valence-corrected chi connectivity index (χ2v) is 6.45. The molecule has 23 heavy (non-hydrogen) atoms. The Labute approximate surface area is 140 Å². The lowest BCUT2D eigenvalue weighted by Gasteiger charge is -2.07. The minimum Gasteiger partial charge on any atom is -0.497 e. The van der Waals surface area contributed by atoms with Gasteiger partial charge in [-0.3, -0.25) is 4.79 Å². The van der Waals surface area contributed by atoms with Crippen molar-refractivity contribution in [2.45, 2.75) is 32.6 Å². The van der Waals surface area contributed by atoms with Gasteiger partial charge in [0.1, 0.15) is 11.5 Å². The topological polar surface area (TPSA) is 64.4 Å². The van der Waals surface area contributed by atoms with Crippen LogP contribution in [0.5, 0.6) is 5.75 Å². The molecule has 1 aromatic heterocycles. The number of aromatic nitrogens is 1. The summed E-state index contributed by atoms with van der Waals surface area (Å²) in [6.45, 7) is 5.79. The van der Waals surface area contributed by atoms with Crippen LogP contribution in [0.1, 0.15) is 25.3 Å². The van der Waals surface area contributed by atoms with E-state index in [0.29, 0.717) is 17.4 Å². The van der Waals surface area contributed by atoms with Crippen LogP contribution in [0.15, 0.2) is 28.7 Å². The molecule has 2 aromatic rings. The molecule has 5 nitrogen and oxygen atoms in total. The van der Waals surface area contributed by atoms with Crippen molar-refractivity contribution in [3.05, 3.63) is 35.7 Å². The fourth-order valence-corrected chi connectivity index (χ4v) is 2.88. The van der Waals surface area contributed by atoms with Gasteiger partial charge in [-0.15, -0.1) is 11.8 Å². The van der Waals surface area contributed by atoms with Crippen LogP contribution < -0.4 is 10.1 Å². The van der Waals surface area contributed by atoms with Crippen molar-refractivity contribution in [1.29, 1.82) is 0 Å². The van der Waals surface area contributed by atoms with Crippen LogP contribution in [0.25, 0.3) is 11.5 Å². The number of aryl methyl sites for hydroxylation is 1. The molecule has 0 saturated carbocycles. The average Bonchev–Trinajstić information content (AvgIpc) is 2.88. The van der Waals surface area contributed by atoms with Gasteiger partial charge in [-0.05, 0) is 39.0 Å². The van der Waals surface area contributed by atoms with Crippen LogP contribution in [0, 0.1) is 6.92 Å². The highest BCUT2D eigenvalue weighted by atomic mass is 32.2. The Hall–Kier alpha value is -1.95. The molecule has 2 rings (SSSR count). The first-order valence-electron chi connectivity index (χ1n) is 7.47. The molecule has 0 aliphatic rings. The predicted molar refractivity (Wildman–Crippen MR) is 92.7 cm³/mol. The number of rotatable bonds is 7. The van der Waals surface area contributed by atoms with E-state index in [1.54, 1.807) is 7.11 Å². The van der Waals surface area contributed by atoms with Crippen molar-refractivity contribution < 1.29 is 13.9 Å². The molecule has 1 heterocycles. The number of carbonyl (C=O) groups excluding carboxylic acids is 1. The SMILES string of the molecule is COc1cccc(-c2nc(CSCC(=O)NC(C)C)c(C)o2)c1. The second-order valence-electron chi connectivity index (χ2n) is 5.47. The fraction of sp³-hybridized carbons (Fsp3) is 0.412. The number of oxazole rings is 1. The van der Waals surface area contributed by atoms with Crippen molar-refractivity contribution in [2.75, 3.05) is 12.9 Å². The Morgan fingerprint density at radius 1 is 1.43 bits per heavy atom. The minimum absolute atomic E-state index is 0.0409. The summed E-state index contributed by atoms with van der Waals surface area (Å²) >= 11 is 1.53. The maximum Gasteiger partial charge on any atom is 0.230 e. The average molecular weight is 334 g/mol. The van der Waals surface area contributed by atoms with Crippen molar-refractivity contribution in [3.8, 4) is 17.2 Å². The number of nitrogens with one attached hydrogen (secondary N) is 1. The Balaban J connectivity index is 1.99. The number of methoxy groups -OCH3 is 1. The zero-order valence-corrected chi connectivity index (χ0v) is 14.7. The van der Waals surface area contributed by atoms with E-state index in [4.69, 9.17) is 9.15 Å². The van der Waals surface area contributed by atoms with Crippen LogP contribution in [-0.4, -0.2) is 29.8 Å². The molecule has 0 spiro atoms. The molecule has 6 heteroatoms. The normalized spacial score (nSPS) is 10.8. The van der Waals surface area contributed by atoms with Gasteiger partial charge in [-0.2, -0.15) is 0 Å². The van der Waals surface area contributed by atoms with E-state index >= 15 is 0 Å². The summed E-state index contributed by atoms with van der Waals surface area (Å²) in [6, 6.07) is 7.76. The molecule has 0 atom stereocenters. The molecule has 1 aromatic carbocycles. The van der Waals surface area contributed by atoms with Gasteiger partial charge >= 0.3 is 0 Å². The van der Waals surface area contributed by atoms with Crippen molar-refractivity contribution in [2.24, 2.45) is 0 Å². The molecular formula is C17H22N2O3S. The van der Waals surface area contributed by atoms with Crippen molar-refractivity contribution in [1.82, 2.24) is 10.3 Å². The Morgan fingerprint density at radius 3 is 2.91 bits per heavy atom. The summed E-state index contributed by atoms with van der Waals surface area (Å²) in [5.41, 5.74) is 1.74. The van der Waals surface area contributed by atoms with Gasteiger partial charge in [0, 0.05) is 17.4 Å². The molecule has 0 unspecified atom stereocenters. The lowest BCUT2D eigenvalue weighted by Crippen LogP contribution is -2.31. The number of hydrogen-bond acceptors (Lipinski definition) is 5. The van der Waals surface area contributed by atoms with Crippen LogP contribution >= 0.6 is 11.8 Å². The highest BCUT2D eigenvalue weighted by Gasteiger charge is 2.13. The molecular weight excluding hydrogens is 312 g/mol. The van der Waals surface area contributed by atoms with E-state index in [2.05, 4.69) is 10.3 Å². The monoisotopic (exact) mass is 334 g/mol. The number of nitrogens with zero attached hydrogens (tertiary/aromatic N) is 1. The summed E-state index contributed by atoms with van der Waals surface area (Å²) < 4.78 is 11.0. The van der Waals surface area contributed by atoms with E-state index in [-0.39, 0.29) is 11.9 Å². The van der Waals surface area contributed by atoms with Crippen molar-refractivity contribution >= 4 is 17.7 Å². The lowest BCUT2D eigenvalue weighted by atomic mass is 10.2. The minimum atomic E-state index is 0.0409. The molecule has 0 radical (unpaired) electrons. The summed E-state index contributed by atoms with van der Waals surface area (Å²) in [6.07, 6.45) is 0. The summed E-state index contributed by atoms with van der Waals surface area (Å²) in [4.78, 5) is 16.2. The highest BCUT2D eigenvalue weighted by molar-refractivity contribution is 7.99. The smallest absolute Gasteiger partial charge is 0.230 e. The summed E-state index contributed by atoms with van der Waals surface area (Å²) in [7, 11) is 1.63.